The van der Waals surface area contributed by atoms with E-state index in [2.05, 4.69) is 12.2 Å². The molecule has 3 N–H and O–H groups in total. The molecular formula is C22H38N2O. The summed E-state index contributed by atoms with van der Waals surface area (Å²) < 4.78 is 0. The molecule has 0 saturated heterocycles. The Morgan fingerprint density at radius 1 is 0.840 bits per heavy atom. The van der Waals surface area contributed by atoms with Gasteiger partial charge in [0, 0.05) is 17.8 Å². The SMILES string of the molecule is CCCCCCCCCCCCCCCC(=O)Nc1cccc(N)c1. The number of benzene rings is 1. The summed E-state index contributed by atoms with van der Waals surface area (Å²) in [6, 6.07) is 7.35. The molecule has 1 aromatic carbocycles. The van der Waals surface area contributed by atoms with Gasteiger partial charge in [0.2, 0.25) is 5.91 Å². The molecule has 3 heteroatoms. The number of carbonyl (C=O) groups excluding carboxylic acids is 1. The molecule has 0 atom stereocenters. The zero-order valence-electron chi connectivity index (χ0n) is 16.2. The molecule has 0 aromatic heterocycles. The molecule has 0 radical (unpaired) electrons. The topological polar surface area (TPSA) is 55.1 Å². The van der Waals surface area contributed by atoms with Gasteiger partial charge in [-0.05, 0) is 24.6 Å². The molecule has 1 amide bonds. The van der Waals surface area contributed by atoms with Crippen LogP contribution in [-0.2, 0) is 4.79 Å². The molecule has 3 nitrogen and oxygen atoms in total. The number of nitrogen functional groups attached to an aromatic ring is 1. The highest BCUT2D eigenvalue weighted by molar-refractivity contribution is 5.91. The number of hydrogen-bond acceptors (Lipinski definition) is 2. The molecule has 0 spiro atoms. The molecule has 0 saturated carbocycles. The summed E-state index contributed by atoms with van der Waals surface area (Å²) in [6.07, 6.45) is 17.8. The highest BCUT2D eigenvalue weighted by atomic mass is 16.1. The summed E-state index contributed by atoms with van der Waals surface area (Å²) in [5, 5.41) is 2.91. The molecule has 0 aliphatic carbocycles. The van der Waals surface area contributed by atoms with E-state index in [4.69, 9.17) is 5.73 Å². The Morgan fingerprint density at radius 3 is 1.88 bits per heavy atom. The predicted octanol–water partition coefficient (Wildman–Crippen LogP) is 6.69. The van der Waals surface area contributed by atoms with Crippen molar-refractivity contribution in [3.05, 3.63) is 24.3 Å². The molecule has 0 aliphatic rings. The Hall–Kier alpha value is -1.51. The van der Waals surface area contributed by atoms with E-state index >= 15 is 0 Å². The van der Waals surface area contributed by atoms with Gasteiger partial charge in [0.1, 0.15) is 0 Å². The van der Waals surface area contributed by atoms with Crippen LogP contribution < -0.4 is 11.1 Å². The molecule has 25 heavy (non-hydrogen) atoms. The lowest BCUT2D eigenvalue weighted by molar-refractivity contribution is -0.116. The number of rotatable bonds is 15. The van der Waals surface area contributed by atoms with Gasteiger partial charge in [-0.25, -0.2) is 0 Å². The third-order valence-corrected chi connectivity index (χ3v) is 4.68. The van der Waals surface area contributed by atoms with Crippen LogP contribution >= 0.6 is 0 Å². The average Bonchev–Trinajstić information content (AvgIpc) is 2.59. The van der Waals surface area contributed by atoms with Crippen LogP contribution in [0.1, 0.15) is 96.8 Å². The van der Waals surface area contributed by atoms with Crippen LogP contribution in [0.25, 0.3) is 0 Å². The second-order valence-corrected chi connectivity index (χ2v) is 7.17. The molecule has 0 unspecified atom stereocenters. The van der Waals surface area contributed by atoms with E-state index in [0.717, 1.165) is 18.5 Å². The smallest absolute Gasteiger partial charge is 0.224 e. The second kappa shape index (κ2) is 14.8. The van der Waals surface area contributed by atoms with Crippen LogP contribution in [0, 0.1) is 0 Å². The van der Waals surface area contributed by atoms with Crippen LogP contribution in [0.2, 0.25) is 0 Å². The van der Waals surface area contributed by atoms with Crippen molar-refractivity contribution in [1.82, 2.24) is 0 Å². The zero-order chi connectivity index (χ0) is 18.2. The summed E-state index contributed by atoms with van der Waals surface area (Å²) in [7, 11) is 0. The maximum Gasteiger partial charge on any atom is 0.224 e. The van der Waals surface area contributed by atoms with E-state index in [9.17, 15) is 4.79 Å². The third kappa shape index (κ3) is 12.5. The summed E-state index contributed by atoms with van der Waals surface area (Å²) in [6.45, 7) is 2.27. The number of nitrogens with two attached hydrogens (primary N) is 1. The number of nitrogens with one attached hydrogen (secondary N) is 1. The lowest BCUT2D eigenvalue weighted by atomic mass is 10.0. The maximum absolute atomic E-state index is 11.9. The van der Waals surface area contributed by atoms with Gasteiger partial charge in [0.05, 0.1) is 0 Å². The van der Waals surface area contributed by atoms with Crippen LogP contribution in [-0.4, -0.2) is 5.91 Å². The van der Waals surface area contributed by atoms with E-state index < -0.39 is 0 Å². The molecular weight excluding hydrogens is 308 g/mol. The minimum atomic E-state index is 0.0914. The summed E-state index contributed by atoms with van der Waals surface area (Å²) >= 11 is 0. The Bertz CT molecular complexity index is 459. The van der Waals surface area contributed by atoms with Gasteiger partial charge in [0.25, 0.3) is 0 Å². The van der Waals surface area contributed by atoms with Crippen LogP contribution in [0.15, 0.2) is 24.3 Å². The van der Waals surface area contributed by atoms with Gasteiger partial charge in [-0.1, -0.05) is 90.0 Å². The standard InChI is InChI=1S/C22H38N2O/c1-2-3-4-5-6-7-8-9-10-11-12-13-14-18-22(25)24-21-17-15-16-20(23)19-21/h15-17,19H,2-14,18,23H2,1H3,(H,24,25). The fraction of sp³-hybridized carbons (Fsp3) is 0.682. The summed E-state index contributed by atoms with van der Waals surface area (Å²) in [4.78, 5) is 11.9. The normalized spacial score (nSPS) is 10.8. The lowest BCUT2D eigenvalue weighted by Crippen LogP contribution is -2.11. The average molecular weight is 347 g/mol. The number of unbranched alkanes of at least 4 members (excludes halogenated alkanes) is 12. The Labute approximate surface area is 154 Å². The van der Waals surface area contributed by atoms with E-state index in [1.54, 1.807) is 6.07 Å². The van der Waals surface area contributed by atoms with Crippen LogP contribution in [0.5, 0.6) is 0 Å². The van der Waals surface area contributed by atoms with Crippen LogP contribution in [0.3, 0.4) is 0 Å². The maximum atomic E-state index is 11.9. The molecule has 0 bridgehead atoms. The number of amides is 1. The zero-order valence-corrected chi connectivity index (χ0v) is 16.2. The fourth-order valence-electron chi connectivity index (χ4n) is 3.14. The minimum absolute atomic E-state index is 0.0914. The van der Waals surface area contributed by atoms with Crippen molar-refractivity contribution < 1.29 is 4.79 Å². The van der Waals surface area contributed by atoms with Crippen molar-refractivity contribution in [1.29, 1.82) is 0 Å². The Balaban J connectivity index is 1.86. The molecule has 0 aliphatic heterocycles. The van der Waals surface area contributed by atoms with Crippen molar-refractivity contribution in [2.75, 3.05) is 11.1 Å². The van der Waals surface area contributed by atoms with Gasteiger partial charge in [-0.15, -0.1) is 0 Å². The van der Waals surface area contributed by atoms with Gasteiger partial charge in [-0.2, -0.15) is 0 Å². The Kier molecular flexibility index (Phi) is 12.7. The molecule has 1 rings (SSSR count). The van der Waals surface area contributed by atoms with Gasteiger partial charge in [-0.3, -0.25) is 4.79 Å². The van der Waals surface area contributed by atoms with E-state index in [1.807, 2.05) is 18.2 Å². The van der Waals surface area contributed by atoms with Crippen LogP contribution in [0.4, 0.5) is 11.4 Å². The van der Waals surface area contributed by atoms with Gasteiger partial charge < -0.3 is 11.1 Å². The quantitative estimate of drug-likeness (QED) is 0.274. The predicted molar refractivity (Wildman–Crippen MR) is 110 cm³/mol. The number of anilines is 2. The monoisotopic (exact) mass is 346 g/mol. The highest BCUT2D eigenvalue weighted by Gasteiger charge is 2.02. The summed E-state index contributed by atoms with van der Waals surface area (Å²) in [5.74, 6) is 0.0914. The number of carbonyl (C=O) groups is 1. The lowest BCUT2D eigenvalue weighted by Gasteiger charge is -2.06. The first kappa shape index (κ1) is 21.5. The molecule has 0 heterocycles. The highest BCUT2D eigenvalue weighted by Crippen LogP contribution is 2.14. The van der Waals surface area contributed by atoms with E-state index in [-0.39, 0.29) is 5.91 Å². The summed E-state index contributed by atoms with van der Waals surface area (Å²) in [5.41, 5.74) is 7.18. The van der Waals surface area contributed by atoms with Crippen molar-refractivity contribution >= 4 is 17.3 Å². The first-order valence-electron chi connectivity index (χ1n) is 10.4. The van der Waals surface area contributed by atoms with Gasteiger partial charge >= 0.3 is 0 Å². The van der Waals surface area contributed by atoms with E-state index in [0.29, 0.717) is 12.1 Å². The van der Waals surface area contributed by atoms with Gasteiger partial charge in [0.15, 0.2) is 0 Å². The van der Waals surface area contributed by atoms with Crippen molar-refractivity contribution in [2.24, 2.45) is 0 Å². The van der Waals surface area contributed by atoms with E-state index in [1.165, 1.54) is 70.6 Å². The van der Waals surface area contributed by atoms with Crippen molar-refractivity contribution in [3.63, 3.8) is 0 Å². The number of hydrogen-bond donors (Lipinski definition) is 2. The fourth-order valence-corrected chi connectivity index (χ4v) is 3.14. The largest absolute Gasteiger partial charge is 0.399 e. The molecule has 0 fully saturated rings. The Morgan fingerprint density at radius 2 is 1.36 bits per heavy atom. The molecule has 142 valence electrons. The second-order valence-electron chi connectivity index (χ2n) is 7.17. The van der Waals surface area contributed by atoms with Crippen molar-refractivity contribution in [2.45, 2.75) is 96.8 Å². The third-order valence-electron chi connectivity index (χ3n) is 4.68. The first-order chi connectivity index (χ1) is 12.2. The first-order valence-corrected chi connectivity index (χ1v) is 10.4. The molecule has 1 aromatic rings. The van der Waals surface area contributed by atoms with Crippen molar-refractivity contribution in [3.8, 4) is 0 Å². The minimum Gasteiger partial charge on any atom is -0.399 e.